The molecule has 0 atom stereocenters. The van der Waals surface area contributed by atoms with E-state index in [0.29, 0.717) is 0 Å². The molecule has 0 saturated heterocycles. The zero-order valence-corrected chi connectivity index (χ0v) is 11.9. The van der Waals surface area contributed by atoms with Crippen LogP contribution in [0.15, 0.2) is 12.7 Å². The standard InChI is InChI=1S/C5H10O2.C5H9.Zn/c1-5(2,3)4(6)7;1-3-5-4-2;/h1-3H3,(H,6,7);3H,1-2,4-5H2;/q;-1;. The van der Waals surface area contributed by atoms with Gasteiger partial charge in [-0.25, -0.2) is 0 Å². The molecule has 0 amide bonds. The van der Waals surface area contributed by atoms with E-state index >= 15 is 0 Å². The van der Waals surface area contributed by atoms with Gasteiger partial charge < -0.3 is 12.0 Å². The smallest absolute Gasteiger partial charge is 0.308 e. The van der Waals surface area contributed by atoms with E-state index in [2.05, 4.69) is 13.5 Å². The van der Waals surface area contributed by atoms with Gasteiger partial charge in [0.2, 0.25) is 0 Å². The minimum Gasteiger partial charge on any atom is -0.481 e. The van der Waals surface area contributed by atoms with Crippen molar-refractivity contribution >= 4 is 5.97 Å². The van der Waals surface area contributed by atoms with Crippen molar-refractivity contribution in [1.29, 1.82) is 0 Å². The van der Waals surface area contributed by atoms with Gasteiger partial charge in [0.25, 0.3) is 0 Å². The Morgan fingerprint density at radius 3 is 1.85 bits per heavy atom. The molecule has 0 fully saturated rings. The first kappa shape index (κ1) is 18.6. The molecule has 0 aliphatic carbocycles. The third-order valence-corrected chi connectivity index (χ3v) is 1.05. The van der Waals surface area contributed by atoms with Crippen molar-refractivity contribution in [3.8, 4) is 0 Å². The molecule has 2 nitrogen and oxygen atoms in total. The van der Waals surface area contributed by atoms with Crippen LogP contribution in [0.4, 0.5) is 0 Å². The van der Waals surface area contributed by atoms with Crippen LogP contribution in [0.1, 0.15) is 33.6 Å². The molecular weight excluding hydrogens is 217 g/mol. The van der Waals surface area contributed by atoms with Crippen LogP contribution in [0.25, 0.3) is 0 Å². The van der Waals surface area contributed by atoms with E-state index in [1.807, 2.05) is 6.08 Å². The maximum atomic E-state index is 10.0. The van der Waals surface area contributed by atoms with E-state index < -0.39 is 11.4 Å². The van der Waals surface area contributed by atoms with Gasteiger partial charge in [-0.2, -0.15) is 6.42 Å². The van der Waals surface area contributed by atoms with Gasteiger partial charge in [-0.05, 0) is 20.8 Å². The average molecular weight is 237 g/mol. The summed E-state index contributed by atoms with van der Waals surface area (Å²) in [5, 5.41) is 8.25. The molecule has 0 bridgehead atoms. The van der Waals surface area contributed by atoms with Crippen LogP contribution >= 0.6 is 0 Å². The van der Waals surface area contributed by atoms with Gasteiger partial charge in [-0.15, -0.1) is 6.58 Å². The number of unbranched alkanes of at least 4 members (excludes halogenated alkanes) is 1. The Balaban J connectivity index is -0.000000150. The minimum atomic E-state index is -0.757. The molecule has 0 rings (SSSR count). The number of hydrogen-bond donors (Lipinski definition) is 1. The quantitative estimate of drug-likeness (QED) is 0.455. The Bertz CT molecular complexity index is 136. The van der Waals surface area contributed by atoms with Gasteiger partial charge in [0.05, 0.1) is 5.41 Å². The molecule has 0 saturated carbocycles. The Morgan fingerprint density at radius 1 is 1.54 bits per heavy atom. The summed E-state index contributed by atoms with van der Waals surface area (Å²) < 4.78 is 0. The van der Waals surface area contributed by atoms with Gasteiger partial charge in [0.1, 0.15) is 0 Å². The molecule has 0 aromatic heterocycles. The molecule has 0 aromatic carbocycles. The number of carbonyl (C=O) groups is 1. The summed E-state index contributed by atoms with van der Waals surface area (Å²) in [6.07, 6.45) is 3.89. The van der Waals surface area contributed by atoms with Gasteiger partial charge in [0, 0.05) is 19.5 Å². The fraction of sp³-hybridized carbons (Fsp3) is 0.600. The first-order chi connectivity index (χ1) is 5.36. The minimum absolute atomic E-state index is 0. The summed E-state index contributed by atoms with van der Waals surface area (Å²) in [6.45, 7) is 12.1. The summed E-state index contributed by atoms with van der Waals surface area (Å²) in [7, 11) is 0. The Morgan fingerprint density at radius 2 is 1.85 bits per heavy atom. The van der Waals surface area contributed by atoms with Gasteiger partial charge >= 0.3 is 5.97 Å². The maximum Gasteiger partial charge on any atom is 0.308 e. The number of allylic oxidation sites excluding steroid dienone is 1. The van der Waals surface area contributed by atoms with Crippen LogP contribution in [-0.2, 0) is 24.3 Å². The van der Waals surface area contributed by atoms with Crippen molar-refractivity contribution < 1.29 is 29.4 Å². The van der Waals surface area contributed by atoms with E-state index in [9.17, 15) is 4.79 Å². The normalized spacial score (nSPS) is 8.92. The first-order valence-corrected chi connectivity index (χ1v) is 3.99. The molecule has 74 valence electrons. The zero-order valence-electron chi connectivity index (χ0n) is 8.97. The second kappa shape index (κ2) is 9.92. The fourth-order valence-electron chi connectivity index (χ4n) is 0.144. The molecule has 0 spiro atoms. The summed E-state index contributed by atoms with van der Waals surface area (Å²) in [5.74, 6) is -0.757. The van der Waals surface area contributed by atoms with Crippen molar-refractivity contribution in [1.82, 2.24) is 0 Å². The Kier molecular flexibility index (Phi) is 14.2. The molecule has 3 heteroatoms. The molecule has 0 heterocycles. The third kappa shape index (κ3) is 18.6. The van der Waals surface area contributed by atoms with Gasteiger partial charge in [-0.1, -0.05) is 12.5 Å². The van der Waals surface area contributed by atoms with E-state index in [1.54, 1.807) is 20.8 Å². The molecule has 0 aliphatic rings. The van der Waals surface area contributed by atoms with Crippen molar-refractivity contribution in [2.75, 3.05) is 0 Å². The number of hydrogen-bond acceptors (Lipinski definition) is 1. The van der Waals surface area contributed by atoms with Crippen molar-refractivity contribution in [2.24, 2.45) is 5.41 Å². The van der Waals surface area contributed by atoms with Crippen molar-refractivity contribution in [2.45, 2.75) is 33.6 Å². The molecule has 0 radical (unpaired) electrons. The van der Waals surface area contributed by atoms with E-state index in [-0.39, 0.29) is 19.5 Å². The maximum absolute atomic E-state index is 10.0. The van der Waals surface area contributed by atoms with Crippen LogP contribution in [0.3, 0.4) is 0 Å². The Hall–Kier alpha value is -0.167. The zero-order chi connectivity index (χ0) is 10.2. The number of carboxylic acids is 1. The van der Waals surface area contributed by atoms with Gasteiger partial charge in [-0.3, -0.25) is 4.79 Å². The number of aliphatic carboxylic acids is 1. The van der Waals surface area contributed by atoms with Crippen LogP contribution in [-0.4, -0.2) is 11.1 Å². The summed E-state index contributed by atoms with van der Waals surface area (Å²) in [5.41, 5.74) is -0.583. The predicted molar refractivity (Wildman–Crippen MR) is 51.9 cm³/mol. The van der Waals surface area contributed by atoms with Crippen LogP contribution < -0.4 is 0 Å². The predicted octanol–water partition coefficient (Wildman–Crippen LogP) is 2.90. The molecule has 0 unspecified atom stereocenters. The molecular formula is C10H19O2Zn-. The summed E-state index contributed by atoms with van der Waals surface area (Å²) in [6, 6.07) is 0. The van der Waals surface area contributed by atoms with Crippen LogP contribution in [0.5, 0.6) is 0 Å². The summed E-state index contributed by atoms with van der Waals surface area (Å²) in [4.78, 5) is 10.0. The first-order valence-electron chi connectivity index (χ1n) is 3.99. The molecule has 13 heavy (non-hydrogen) atoms. The second-order valence-electron chi connectivity index (χ2n) is 3.49. The van der Waals surface area contributed by atoms with E-state index in [0.717, 1.165) is 12.8 Å². The van der Waals surface area contributed by atoms with Crippen molar-refractivity contribution in [3.63, 3.8) is 0 Å². The fourth-order valence-corrected chi connectivity index (χ4v) is 0.144. The number of rotatable bonds is 2. The summed E-state index contributed by atoms with van der Waals surface area (Å²) >= 11 is 0. The molecule has 1 N–H and O–H groups in total. The number of carboxylic acid groups (broad SMARTS) is 1. The average Bonchev–Trinajstić information content (AvgIpc) is 1.88. The van der Waals surface area contributed by atoms with Gasteiger partial charge in [0.15, 0.2) is 0 Å². The van der Waals surface area contributed by atoms with E-state index in [4.69, 9.17) is 5.11 Å². The largest absolute Gasteiger partial charge is 0.481 e. The topological polar surface area (TPSA) is 37.3 Å². The molecule has 0 aromatic rings. The van der Waals surface area contributed by atoms with Crippen LogP contribution in [0, 0.1) is 12.3 Å². The monoisotopic (exact) mass is 235 g/mol. The third-order valence-electron chi connectivity index (χ3n) is 1.05. The van der Waals surface area contributed by atoms with Crippen molar-refractivity contribution in [3.05, 3.63) is 19.6 Å². The SMILES string of the molecule is C=CCC[CH2-].CC(C)(C)C(=O)O.[Zn]. The Labute approximate surface area is 94.2 Å². The molecule has 0 aliphatic heterocycles. The van der Waals surface area contributed by atoms with E-state index in [1.165, 1.54) is 0 Å². The second-order valence-corrected chi connectivity index (χ2v) is 3.49. The van der Waals surface area contributed by atoms with Crippen LogP contribution in [0.2, 0.25) is 0 Å².